The molecule has 1 saturated heterocycles. The van der Waals surface area contributed by atoms with Gasteiger partial charge in [0.25, 0.3) is 5.91 Å². The van der Waals surface area contributed by atoms with E-state index in [0.29, 0.717) is 12.0 Å². The molecule has 230 valence electrons. The third-order valence-electron chi connectivity index (χ3n) is 9.46. The molecule has 9 nitrogen and oxygen atoms in total. The minimum Gasteiger partial charge on any atom is -0.347 e. The lowest BCUT2D eigenvalue weighted by molar-refractivity contribution is -0.143. The molecule has 4 N–H and O–H groups in total. The first kappa shape index (κ1) is 30.7. The van der Waals surface area contributed by atoms with Gasteiger partial charge in [-0.05, 0) is 81.7 Å². The molecule has 1 heterocycles. The molecule has 2 fully saturated rings. The van der Waals surface area contributed by atoms with Crippen molar-refractivity contribution >= 4 is 23.6 Å². The predicted octanol–water partition coefficient (Wildman–Crippen LogP) is 3.25. The van der Waals surface area contributed by atoms with Gasteiger partial charge >= 0.3 is 0 Å². The number of nitrogens with one attached hydrogen (secondary N) is 4. The van der Waals surface area contributed by atoms with Gasteiger partial charge in [0.2, 0.25) is 17.7 Å². The lowest BCUT2D eigenvalue weighted by Gasteiger charge is -2.35. The number of likely N-dealkylation sites (tertiary alicyclic amines) is 1. The Morgan fingerprint density at radius 1 is 0.860 bits per heavy atom. The molecule has 4 amide bonds. The molecule has 2 aromatic rings. The van der Waals surface area contributed by atoms with E-state index in [0.717, 1.165) is 56.9 Å². The van der Waals surface area contributed by atoms with E-state index in [2.05, 4.69) is 33.4 Å². The number of benzene rings is 2. The first-order valence-corrected chi connectivity index (χ1v) is 15.9. The summed E-state index contributed by atoms with van der Waals surface area (Å²) >= 11 is 0. The van der Waals surface area contributed by atoms with Crippen molar-refractivity contribution in [2.75, 3.05) is 13.6 Å². The second kappa shape index (κ2) is 14.2. The Hall–Kier alpha value is -3.72. The summed E-state index contributed by atoms with van der Waals surface area (Å²) in [5.41, 5.74) is 2.89. The molecule has 2 aliphatic carbocycles. The van der Waals surface area contributed by atoms with Gasteiger partial charge in [0.05, 0.1) is 12.1 Å². The van der Waals surface area contributed by atoms with Crippen LogP contribution in [0.2, 0.25) is 0 Å². The summed E-state index contributed by atoms with van der Waals surface area (Å²) in [7, 11) is 1.71. The first-order valence-electron chi connectivity index (χ1n) is 15.9. The van der Waals surface area contributed by atoms with Crippen molar-refractivity contribution in [2.24, 2.45) is 5.92 Å². The standard InChI is InChI=1S/C34H45N5O4/c1-22(35-2)31(40)38-30(24-13-5-3-6-14-24)34(43)39-21-26(36-32(41)25-15-7-4-8-16-25)20-29(39)33(42)37-28-19-11-17-23-12-9-10-18-27(23)28/h4,7-10,12,15-16,18,22,24,26,28-30,35H,3,5-6,11,13-14,17,19-21H2,1-2H3,(H,36,41)(H,37,42)(H,38,40). The van der Waals surface area contributed by atoms with E-state index in [9.17, 15) is 19.2 Å². The smallest absolute Gasteiger partial charge is 0.251 e. The number of hydrogen-bond acceptors (Lipinski definition) is 5. The minimum atomic E-state index is -0.757. The van der Waals surface area contributed by atoms with Crippen LogP contribution in [0.15, 0.2) is 54.6 Å². The van der Waals surface area contributed by atoms with Gasteiger partial charge in [0.15, 0.2) is 0 Å². The topological polar surface area (TPSA) is 120 Å². The molecule has 0 spiro atoms. The summed E-state index contributed by atoms with van der Waals surface area (Å²) < 4.78 is 0. The Labute approximate surface area is 254 Å². The summed E-state index contributed by atoms with van der Waals surface area (Å²) in [5, 5.41) is 12.3. The van der Waals surface area contributed by atoms with Gasteiger partial charge in [-0.15, -0.1) is 0 Å². The van der Waals surface area contributed by atoms with Crippen LogP contribution in [0.4, 0.5) is 0 Å². The molecule has 0 radical (unpaired) electrons. The maximum atomic E-state index is 14.4. The molecule has 0 aromatic heterocycles. The van der Waals surface area contributed by atoms with Crippen molar-refractivity contribution in [1.82, 2.24) is 26.2 Å². The van der Waals surface area contributed by atoms with Crippen LogP contribution < -0.4 is 21.3 Å². The third kappa shape index (κ3) is 7.26. The molecule has 3 aliphatic rings. The average Bonchev–Trinajstić information content (AvgIpc) is 3.47. The van der Waals surface area contributed by atoms with Crippen LogP contribution in [-0.2, 0) is 20.8 Å². The fourth-order valence-electron chi connectivity index (χ4n) is 6.90. The summed E-state index contributed by atoms with van der Waals surface area (Å²) in [6.45, 7) is 1.97. The van der Waals surface area contributed by atoms with Crippen molar-refractivity contribution in [2.45, 2.75) is 94.9 Å². The number of aryl methyl sites for hydroxylation is 1. The zero-order valence-corrected chi connectivity index (χ0v) is 25.3. The number of hydrogen-bond donors (Lipinski definition) is 4. The first-order chi connectivity index (χ1) is 20.9. The van der Waals surface area contributed by atoms with Crippen LogP contribution in [0.25, 0.3) is 0 Å². The zero-order chi connectivity index (χ0) is 30.3. The van der Waals surface area contributed by atoms with Gasteiger partial charge < -0.3 is 26.2 Å². The van der Waals surface area contributed by atoms with Crippen LogP contribution in [0.1, 0.15) is 85.8 Å². The molecule has 0 bridgehead atoms. The van der Waals surface area contributed by atoms with Crippen LogP contribution in [0.3, 0.4) is 0 Å². The number of carbonyl (C=O) groups is 4. The molecule has 5 unspecified atom stereocenters. The molecule has 1 aliphatic heterocycles. The largest absolute Gasteiger partial charge is 0.347 e. The summed E-state index contributed by atoms with van der Waals surface area (Å²) in [4.78, 5) is 56.1. The van der Waals surface area contributed by atoms with E-state index < -0.39 is 24.2 Å². The van der Waals surface area contributed by atoms with Crippen molar-refractivity contribution in [3.63, 3.8) is 0 Å². The molecule has 5 atom stereocenters. The monoisotopic (exact) mass is 587 g/mol. The lowest BCUT2D eigenvalue weighted by atomic mass is 9.83. The van der Waals surface area contributed by atoms with Crippen molar-refractivity contribution in [3.05, 3.63) is 71.3 Å². The second-order valence-electron chi connectivity index (χ2n) is 12.3. The summed E-state index contributed by atoms with van der Waals surface area (Å²) in [5.74, 6) is -0.936. The van der Waals surface area contributed by atoms with E-state index in [1.807, 2.05) is 18.2 Å². The Bertz CT molecular complexity index is 1290. The lowest BCUT2D eigenvalue weighted by Crippen LogP contribution is -2.58. The molecule has 9 heteroatoms. The number of carbonyl (C=O) groups excluding carboxylic acids is 4. The van der Waals surface area contributed by atoms with Gasteiger partial charge in [0, 0.05) is 18.2 Å². The van der Waals surface area contributed by atoms with Gasteiger partial charge in [-0.1, -0.05) is 61.7 Å². The van der Waals surface area contributed by atoms with Crippen molar-refractivity contribution in [3.8, 4) is 0 Å². The molecule has 43 heavy (non-hydrogen) atoms. The summed E-state index contributed by atoms with van der Waals surface area (Å²) in [6, 6.07) is 14.7. The highest BCUT2D eigenvalue weighted by atomic mass is 16.2. The van der Waals surface area contributed by atoms with Crippen molar-refractivity contribution < 1.29 is 19.2 Å². The Morgan fingerprint density at radius 3 is 2.33 bits per heavy atom. The Kier molecular flexibility index (Phi) is 10.1. The second-order valence-corrected chi connectivity index (χ2v) is 12.3. The number of nitrogens with zero attached hydrogens (tertiary/aromatic N) is 1. The van der Waals surface area contributed by atoms with Crippen LogP contribution >= 0.6 is 0 Å². The summed E-state index contributed by atoms with van der Waals surface area (Å²) in [6.07, 6.45) is 7.93. The fraction of sp³-hybridized carbons (Fsp3) is 0.529. The van der Waals surface area contributed by atoms with E-state index >= 15 is 0 Å². The minimum absolute atomic E-state index is 0.00106. The predicted molar refractivity (Wildman–Crippen MR) is 165 cm³/mol. The van der Waals surface area contributed by atoms with Gasteiger partial charge in [0.1, 0.15) is 12.1 Å². The van der Waals surface area contributed by atoms with E-state index in [-0.39, 0.29) is 42.1 Å². The highest BCUT2D eigenvalue weighted by molar-refractivity contribution is 5.96. The van der Waals surface area contributed by atoms with Gasteiger partial charge in [-0.3, -0.25) is 19.2 Å². The van der Waals surface area contributed by atoms with Crippen LogP contribution in [0.5, 0.6) is 0 Å². The normalized spacial score (nSPS) is 23.5. The number of rotatable bonds is 9. The Morgan fingerprint density at radius 2 is 1.58 bits per heavy atom. The molecule has 1 saturated carbocycles. The SMILES string of the molecule is CNC(C)C(=O)NC(C(=O)N1CC(NC(=O)c2ccccc2)CC1C(=O)NC1CCCc2ccccc21)C1CCCCC1. The zero-order valence-electron chi connectivity index (χ0n) is 25.3. The van der Waals surface area contributed by atoms with Crippen LogP contribution in [-0.4, -0.2) is 66.3 Å². The number of amides is 4. The van der Waals surface area contributed by atoms with Crippen molar-refractivity contribution in [1.29, 1.82) is 0 Å². The van der Waals surface area contributed by atoms with Gasteiger partial charge in [-0.25, -0.2) is 0 Å². The van der Waals surface area contributed by atoms with E-state index in [1.54, 1.807) is 43.1 Å². The molecular formula is C34H45N5O4. The Balaban J connectivity index is 1.39. The van der Waals surface area contributed by atoms with Gasteiger partial charge in [-0.2, -0.15) is 0 Å². The number of likely N-dealkylation sites (N-methyl/N-ethyl adjacent to an activating group) is 1. The molecular weight excluding hydrogens is 542 g/mol. The quantitative estimate of drug-likeness (QED) is 0.359. The fourth-order valence-corrected chi connectivity index (χ4v) is 6.90. The number of fused-ring (bicyclic) bond motifs is 1. The maximum Gasteiger partial charge on any atom is 0.251 e. The van der Waals surface area contributed by atoms with E-state index in [1.165, 1.54) is 5.56 Å². The molecule has 5 rings (SSSR count). The third-order valence-corrected chi connectivity index (χ3v) is 9.46. The highest BCUT2D eigenvalue weighted by Gasteiger charge is 2.45. The highest BCUT2D eigenvalue weighted by Crippen LogP contribution is 2.32. The van der Waals surface area contributed by atoms with E-state index in [4.69, 9.17) is 0 Å². The van der Waals surface area contributed by atoms with Crippen LogP contribution in [0, 0.1) is 5.92 Å². The molecule has 2 aromatic carbocycles. The maximum absolute atomic E-state index is 14.4. The average molecular weight is 588 g/mol.